The predicted molar refractivity (Wildman–Crippen MR) is 106 cm³/mol. The minimum atomic E-state index is -1.04. The van der Waals surface area contributed by atoms with Crippen LogP contribution in [0.5, 0.6) is 5.75 Å². The van der Waals surface area contributed by atoms with Gasteiger partial charge >= 0.3 is 5.97 Å². The number of carboxylic acid groups (broad SMARTS) is 1. The Kier molecular flexibility index (Phi) is 7.51. The number of hydrogen-bond acceptors (Lipinski definition) is 6. The molecule has 0 amide bonds. The highest BCUT2D eigenvalue weighted by Gasteiger charge is 2.08. The quantitative estimate of drug-likeness (QED) is 0.327. The van der Waals surface area contributed by atoms with Gasteiger partial charge in [0, 0.05) is 16.7 Å². The summed E-state index contributed by atoms with van der Waals surface area (Å²) in [5.74, 6) is -2.11. The van der Waals surface area contributed by atoms with Gasteiger partial charge in [-0.3, -0.25) is 5.43 Å². The summed E-state index contributed by atoms with van der Waals surface area (Å²) in [7, 11) is 0. The van der Waals surface area contributed by atoms with Crippen molar-refractivity contribution in [2.45, 2.75) is 18.7 Å². The number of aryl methyl sites for hydroxylation is 1. The molecule has 2 rings (SSSR count). The van der Waals surface area contributed by atoms with Crippen LogP contribution in [-0.2, 0) is 4.79 Å². The lowest BCUT2D eigenvalue weighted by Crippen LogP contribution is -2.13. The van der Waals surface area contributed by atoms with E-state index < -0.39 is 24.2 Å². The number of ether oxygens (including phenoxy) is 1. The Morgan fingerprint density at radius 1 is 1.25 bits per heavy atom. The summed E-state index contributed by atoms with van der Waals surface area (Å²) in [6.45, 7) is 3.05. The maximum Gasteiger partial charge on any atom is 0.341 e. The molecule has 2 aromatic rings. The molecule has 0 aliphatic carbocycles. The van der Waals surface area contributed by atoms with Crippen molar-refractivity contribution in [3.05, 3.63) is 53.6 Å². The predicted octanol–water partition coefficient (Wildman–Crippen LogP) is 4.34. The van der Waals surface area contributed by atoms with Crippen LogP contribution < -0.4 is 10.2 Å². The third kappa shape index (κ3) is 6.34. The largest absolute Gasteiger partial charge is 0.482 e. The van der Waals surface area contributed by atoms with Crippen LogP contribution in [0.2, 0.25) is 0 Å². The van der Waals surface area contributed by atoms with Gasteiger partial charge in [-0.25, -0.2) is 13.6 Å². The molecule has 0 unspecified atom stereocenters. The third-order valence-corrected chi connectivity index (χ3v) is 4.61. The van der Waals surface area contributed by atoms with Gasteiger partial charge in [0.15, 0.2) is 18.2 Å². The van der Waals surface area contributed by atoms with Gasteiger partial charge in [0.1, 0.15) is 5.75 Å². The number of nitrogens with zero attached hydrogens (tertiary/aromatic N) is 1. The molecule has 0 aromatic heterocycles. The van der Waals surface area contributed by atoms with E-state index in [1.54, 1.807) is 19.1 Å². The van der Waals surface area contributed by atoms with Crippen LogP contribution in [0.3, 0.4) is 0 Å². The molecule has 0 bridgehead atoms. The fraction of sp³-hybridized carbons (Fsp3) is 0.211. The molecule has 0 saturated heterocycles. The number of benzene rings is 2. The van der Waals surface area contributed by atoms with Gasteiger partial charge in [-0.05, 0) is 49.7 Å². The number of carbonyl (C=O) groups is 1. The number of hydrogen-bond donors (Lipinski definition) is 3. The van der Waals surface area contributed by atoms with Gasteiger partial charge in [-0.2, -0.15) is 5.10 Å². The molecule has 148 valence electrons. The van der Waals surface area contributed by atoms with Gasteiger partial charge in [0.25, 0.3) is 0 Å². The van der Waals surface area contributed by atoms with Crippen LogP contribution in [0.15, 0.2) is 46.4 Å². The molecule has 2 aromatic carbocycles. The van der Waals surface area contributed by atoms with Crippen molar-refractivity contribution in [1.29, 1.82) is 5.41 Å². The van der Waals surface area contributed by atoms with Gasteiger partial charge < -0.3 is 15.3 Å². The first kappa shape index (κ1) is 21.4. The number of nitrogens with one attached hydrogen (secondary N) is 2. The Hall–Kier alpha value is -2.94. The maximum absolute atomic E-state index is 13.2. The molecule has 0 radical (unpaired) electrons. The van der Waals surface area contributed by atoms with E-state index >= 15 is 0 Å². The fourth-order valence-corrected chi connectivity index (χ4v) is 3.00. The zero-order chi connectivity index (χ0) is 20.7. The van der Waals surface area contributed by atoms with E-state index in [0.29, 0.717) is 17.2 Å². The van der Waals surface area contributed by atoms with Crippen molar-refractivity contribution in [2.75, 3.05) is 17.8 Å². The van der Waals surface area contributed by atoms with Crippen LogP contribution >= 0.6 is 11.8 Å². The van der Waals surface area contributed by atoms with Crippen LogP contribution in [-0.4, -0.2) is 34.9 Å². The topological polar surface area (TPSA) is 94.8 Å². The van der Waals surface area contributed by atoms with Crippen molar-refractivity contribution in [3.8, 4) is 5.75 Å². The highest BCUT2D eigenvalue weighted by atomic mass is 32.2. The lowest BCUT2D eigenvalue weighted by Gasteiger charge is -2.09. The lowest BCUT2D eigenvalue weighted by atomic mass is 10.2. The molecule has 0 fully saturated rings. The van der Waals surface area contributed by atoms with E-state index in [4.69, 9.17) is 15.3 Å². The Morgan fingerprint density at radius 3 is 2.64 bits per heavy atom. The number of hydrazone groups is 1. The minimum Gasteiger partial charge on any atom is -0.482 e. The molecule has 0 aliphatic heterocycles. The zero-order valence-corrected chi connectivity index (χ0v) is 16.1. The number of carboxylic acids is 1. The van der Waals surface area contributed by atoms with Crippen molar-refractivity contribution < 1.29 is 23.4 Å². The Morgan fingerprint density at radius 2 is 2.00 bits per heavy atom. The number of aliphatic carboxylic acids is 1. The number of halogens is 2. The van der Waals surface area contributed by atoms with E-state index in [9.17, 15) is 13.6 Å². The Balaban J connectivity index is 1.90. The molecule has 0 spiro atoms. The summed E-state index contributed by atoms with van der Waals surface area (Å²) in [4.78, 5) is 11.5. The average molecular weight is 407 g/mol. The van der Waals surface area contributed by atoms with Crippen LogP contribution in [0.25, 0.3) is 0 Å². The maximum atomic E-state index is 13.2. The lowest BCUT2D eigenvalue weighted by molar-refractivity contribution is -0.139. The van der Waals surface area contributed by atoms with Crippen LogP contribution in [0.1, 0.15) is 12.5 Å². The monoisotopic (exact) mass is 407 g/mol. The fourth-order valence-electron chi connectivity index (χ4n) is 2.05. The summed E-state index contributed by atoms with van der Waals surface area (Å²) in [6, 6.07) is 8.66. The van der Waals surface area contributed by atoms with E-state index in [0.717, 1.165) is 22.6 Å². The van der Waals surface area contributed by atoms with E-state index in [2.05, 4.69) is 10.5 Å². The van der Waals surface area contributed by atoms with Crippen molar-refractivity contribution in [3.63, 3.8) is 0 Å². The SMILES string of the molecule is C/C(=N/Nc1ccc(F)c(F)c1)C(=N)CSc1ccc(OCC(=O)O)c(C)c1. The summed E-state index contributed by atoms with van der Waals surface area (Å²) in [5, 5.41) is 20.7. The Labute approximate surface area is 165 Å². The van der Waals surface area contributed by atoms with E-state index in [1.165, 1.54) is 17.8 Å². The molecule has 0 heterocycles. The first-order valence-corrected chi connectivity index (χ1v) is 9.16. The van der Waals surface area contributed by atoms with Crippen LogP contribution in [0.4, 0.5) is 14.5 Å². The molecule has 9 heteroatoms. The second-order valence-electron chi connectivity index (χ2n) is 5.81. The summed E-state index contributed by atoms with van der Waals surface area (Å²) in [6.07, 6.45) is 0. The Bertz CT molecular complexity index is 919. The second-order valence-corrected chi connectivity index (χ2v) is 6.86. The van der Waals surface area contributed by atoms with Crippen LogP contribution in [0, 0.1) is 24.0 Å². The standard InChI is InChI=1S/C19H19F2N3O3S/c1-11-7-14(4-6-18(11)27-9-19(25)26)28-10-17(22)12(2)23-24-13-3-5-15(20)16(21)8-13/h3-8,22,24H,9-10H2,1-2H3,(H,25,26)/b22-17?,23-12-. The number of rotatable bonds is 9. The van der Waals surface area contributed by atoms with E-state index in [1.807, 2.05) is 13.0 Å². The summed E-state index contributed by atoms with van der Waals surface area (Å²) in [5.41, 5.74) is 4.36. The first-order valence-electron chi connectivity index (χ1n) is 8.17. The third-order valence-electron chi connectivity index (χ3n) is 3.59. The summed E-state index contributed by atoms with van der Waals surface area (Å²) < 4.78 is 31.3. The number of anilines is 1. The second kappa shape index (κ2) is 9.84. The first-order chi connectivity index (χ1) is 13.3. The molecule has 6 nitrogen and oxygen atoms in total. The van der Waals surface area contributed by atoms with Gasteiger partial charge in [0.05, 0.1) is 17.1 Å². The molecule has 3 N–H and O–H groups in total. The normalized spacial score (nSPS) is 11.2. The summed E-state index contributed by atoms with van der Waals surface area (Å²) >= 11 is 1.42. The molecule has 28 heavy (non-hydrogen) atoms. The highest BCUT2D eigenvalue weighted by Crippen LogP contribution is 2.25. The van der Waals surface area contributed by atoms with Crippen molar-refractivity contribution >= 4 is 34.8 Å². The molecule has 0 aliphatic rings. The smallest absolute Gasteiger partial charge is 0.341 e. The molecular formula is C19H19F2N3O3S. The zero-order valence-electron chi connectivity index (χ0n) is 15.3. The molecule has 0 atom stereocenters. The van der Waals surface area contributed by atoms with Crippen molar-refractivity contribution in [2.24, 2.45) is 5.10 Å². The van der Waals surface area contributed by atoms with Gasteiger partial charge in [-0.1, -0.05) is 0 Å². The highest BCUT2D eigenvalue weighted by molar-refractivity contribution is 8.00. The minimum absolute atomic E-state index is 0.268. The average Bonchev–Trinajstić information content (AvgIpc) is 2.65. The van der Waals surface area contributed by atoms with Gasteiger partial charge in [-0.15, -0.1) is 11.8 Å². The van der Waals surface area contributed by atoms with Crippen molar-refractivity contribution in [1.82, 2.24) is 0 Å². The number of thioether (sulfide) groups is 1. The molecular weight excluding hydrogens is 388 g/mol. The van der Waals surface area contributed by atoms with Gasteiger partial charge in [0.2, 0.25) is 0 Å². The molecule has 0 saturated carbocycles. The van der Waals surface area contributed by atoms with E-state index in [-0.39, 0.29) is 11.4 Å².